The highest BCUT2D eigenvalue weighted by Crippen LogP contribution is 2.21. The first-order chi connectivity index (χ1) is 11.1. The third-order valence-corrected chi connectivity index (χ3v) is 6.03. The summed E-state index contributed by atoms with van der Waals surface area (Å²) in [5.41, 5.74) is 0.653. The molecule has 0 N–H and O–H groups in total. The fraction of sp³-hybridized carbons (Fsp3) is 0.588. The molecule has 0 aromatic heterocycles. The topological polar surface area (TPSA) is 57.7 Å². The fourth-order valence-corrected chi connectivity index (χ4v) is 4.31. The zero-order valence-electron chi connectivity index (χ0n) is 14.5. The van der Waals surface area contributed by atoms with Gasteiger partial charge in [0.2, 0.25) is 15.9 Å². The monoisotopic (exact) mass is 372 g/mol. The van der Waals surface area contributed by atoms with Crippen molar-refractivity contribution < 1.29 is 13.2 Å². The number of hydrogen-bond acceptors (Lipinski definition) is 3. The molecule has 0 radical (unpaired) electrons. The maximum absolute atomic E-state index is 12.5. The molecule has 0 atom stereocenters. The van der Waals surface area contributed by atoms with Crippen molar-refractivity contribution in [2.75, 3.05) is 26.2 Å². The van der Waals surface area contributed by atoms with Crippen LogP contribution in [0.5, 0.6) is 0 Å². The second-order valence-electron chi connectivity index (χ2n) is 7.40. The van der Waals surface area contributed by atoms with E-state index in [-0.39, 0.29) is 17.1 Å². The van der Waals surface area contributed by atoms with Gasteiger partial charge in [0.05, 0.1) is 5.75 Å². The number of piperazine rings is 1. The highest BCUT2D eigenvalue weighted by atomic mass is 35.5. The van der Waals surface area contributed by atoms with Crippen molar-refractivity contribution in [1.29, 1.82) is 0 Å². The van der Waals surface area contributed by atoms with E-state index in [1.54, 1.807) is 29.2 Å². The number of carbonyl (C=O) groups is 1. The van der Waals surface area contributed by atoms with Crippen LogP contribution in [0.2, 0.25) is 5.02 Å². The number of nitrogens with zero attached hydrogens (tertiary/aromatic N) is 2. The first-order valence-corrected chi connectivity index (χ1v) is 10.1. The minimum atomic E-state index is -3.38. The Labute approximate surface area is 149 Å². The summed E-state index contributed by atoms with van der Waals surface area (Å²) in [5, 5.41) is 0.585. The molecule has 7 heteroatoms. The van der Waals surface area contributed by atoms with Crippen LogP contribution in [-0.2, 0) is 20.6 Å². The highest BCUT2D eigenvalue weighted by molar-refractivity contribution is 7.88. The van der Waals surface area contributed by atoms with Crippen LogP contribution in [0.15, 0.2) is 24.3 Å². The molecule has 0 saturated carbocycles. The summed E-state index contributed by atoms with van der Waals surface area (Å²) >= 11 is 5.83. The Morgan fingerprint density at radius 2 is 1.62 bits per heavy atom. The largest absolute Gasteiger partial charge is 0.340 e. The lowest BCUT2D eigenvalue weighted by Crippen LogP contribution is -2.51. The van der Waals surface area contributed by atoms with Crippen molar-refractivity contribution >= 4 is 27.5 Å². The van der Waals surface area contributed by atoms with Crippen molar-refractivity contribution in [3.05, 3.63) is 34.9 Å². The molecule has 1 aromatic rings. The van der Waals surface area contributed by atoms with Crippen molar-refractivity contribution in [2.24, 2.45) is 5.41 Å². The summed E-state index contributed by atoms with van der Waals surface area (Å²) in [7, 11) is -3.38. The van der Waals surface area contributed by atoms with Crippen LogP contribution in [-0.4, -0.2) is 49.7 Å². The van der Waals surface area contributed by atoms with Gasteiger partial charge in [-0.2, -0.15) is 4.31 Å². The molecule has 1 amide bonds. The molecule has 0 aliphatic carbocycles. The van der Waals surface area contributed by atoms with Crippen LogP contribution in [0.4, 0.5) is 0 Å². The number of benzene rings is 1. The average Bonchev–Trinajstić information content (AvgIpc) is 2.48. The first-order valence-electron chi connectivity index (χ1n) is 8.07. The normalized spacial score (nSPS) is 17.1. The molecule has 1 aliphatic heterocycles. The van der Waals surface area contributed by atoms with Crippen molar-refractivity contribution in [1.82, 2.24) is 9.21 Å². The van der Waals surface area contributed by atoms with Crippen LogP contribution in [0, 0.1) is 5.41 Å². The lowest BCUT2D eigenvalue weighted by Gasteiger charge is -2.35. The highest BCUT2D eigenvalue weighted by Gasteiger charge is 2.30. The number of sulfonamides is 1. The number of hydrogen-bond donors (Lipinski definition) is 0. The molecule has 1 aliphatic rings. The maximum Gasteiger partial charge on any atom is 0.223 e. The predicted octanol–water partition coefficient (Wildman–Crippen LogP) is 2.75. The molecule has 0 bridgehead atoms. The summed E-state index contributed by atoms with van der Waals surface area (Å²) in [5.74, 6) is 0.0531. The molecule has 134 valence electrons. The third kappa shape index (κ3) is 5.46. The van der Waals surface area contributed by atoms with Gasteiger partial charge < -0.3 is 4.90 Å². The Balaban J connectivity index is 1.93. The molecule has 1 saturated heterocycles. The van der Waals surface area contributed by atoms with Crippen LogP contribution < -0.4 is 0 Å². The number of carbonyl (C=O) groups excluding carboxylic acids is 1. The number of rotatable bonds is 4. The predicted molar refractivity (Wildman–Crippen MR) is 96.3 cm³/mol. The molecule has 0 unspecified atom stereocenters. The van der Waals surface area contributed by atoms with E-state index in [4.69, 9.17) is 11.6 Å². The minimum absolute atomic E-state index is 0.0416. The van der Waals surface area contributed by atoms with E-state index in [0.29, 0.717) is 43.2 Å². The standard InChI is InChI=1S/C17H25ClN2O3S/c1-17(2,3)12-16(21)19-8-10-20(11-9-19)24(22,23)13-14-4-6-15(18)7-5-14/h4-7H,8-13H2,1-3H3. The van der Waals surface area contributed by atoms with Gasteiger partial charge >= 0.3 is 0 Å². The molecule has 5 nitrogen and oxygen atoms in total. The maximum atomic E-state index is 12.5. The van der Waals surface area contributed by atoms with E-state index in [1.807, 2.05) is 20.8 Å². The van der Waals surface area contributed by atoms with E-state index >= 15 is 0 Å². The average molecular weight is 373 g/mol. The summed E-state index contributed by atoms with van der Waals surface area (Å²) in [4.78, 5) is 14.0. The first kappa shape index (κ1) is 19.2. The lowest BCUT2D eigenvalue weighted by molar-refractivity contribution is -0.134. The van der Waals surface area contributed by atoms with Crippen molar-refractivity contribution in [3.8, 4) is 0 Å². The smallest absolute Gasteiger partial charge is 0.223 e. The van der Waals surface area contributed by atoms with Crippen LogP contribution >= 0.6 is 11.6 Å². The Kier molecular flexibility index (Phi) is 5.94. The molecule has 1 aromatic carbocycles. The lowest BCUT2D eigenvalue weighted by atomic mass is 9.91. The third-order valence-electron chi connectivity index (χ3n) is 3.93. The molecule has 24 heavy (non-hydrogen) atoms. The molecular weight excluding hydrogens is 348 g/mol. The van der Waals surface area contributed by atoms with E-state index in [1.165, 1.54) is 4.31 Å². The van der Waals surface area contributed by atoms with Gasteiger partial charge in [-0.3, -0.25) is 4.79 Å². The summed E-state index contributed by atoms with van der Waals surface area (Å²) in [6, 6.07) is 6.83. The Bertz CT molecular complexity index is 673. The van der Waals surface area contributed by atoms with Crippen LogP contribution in [0.1, 0.15) is 32.8 Å². The molecule has 1 fully saturated rings. The van der Waals surface area contributed by atoms with Gasteiger partial charge in [0.15, 0.2) is 0 Å². The van der Waals surface area contributed by atoms with Crippen molar-refractivity contribution in [2.45, 2.75) is 32.9 Å². The zero-order chi connectivity index (χ0) is 18.0. The minimum Gasteiger partial charge on any atom is -0.340 e. The van der Waals surface area contributed by atoms with E-state index in [9.17, 15) is 13.2 Å². The quantitative estimate of drug-likeness (QED) is 0.816. The molecule has 0 spiro atoms. The SMILES string of the molecule is CC(C)(C)CC(=O)N1CCN(S(=O)(=O)Cc2ccc(Cl)cc2)CC1. The van der Waals surface area contributed by atoms with Gasteiger partial charge in [-0.15, -0.1) is 0 Å². The van der Waals surface area contributed by atoms with Gasteiger partial charge in [0.25, 0.3) is 0 Å². The fourth-order valence-electron chi connectivity index (χ4n) is 2.66. The van der Waals surface area contributed by atoms with E-state index in [2.05, 4.69) is 0 Å². The molecule has 2 rings (SSSR count). The number of amides is 1. The van der Waals surface area contributed by atoms with E-state index in [0.717, 1.165) is 0 Å². The van der Waals surface area contributed by atoms with Gasteiger partial charge in [-0.05, 0) is 23.1 Å². The summed E-state index contributed by atoms with van der Waals surface area (Å²) in [6.07, 6.45) is 0.477. The molecule has 1 heterocycles. The summed E-state index contributed by atoms with van der Waals surface area (Å²) < 4.78 is 26.5. The van der Waals surface area contributed by atoms with Gasteiger partial charge in [-0.1, -0.05) is 44.5 Å². The van der Waals surface area contributed by atoms with Crippen LogP contribution in [0.25, 0.3) is 0 Å². The van der Waals surface area contributed by atoms with Gasteiger partial charge in [0.1, 0.15) is 0 Å². The second-order valence-corrected chi connectivity index (χ2v) is 9.81. The Morgan fingerprint density at radius 1 is 1.08 bits per heavy atom. The Morgan fingerprint density at radius 3 is 2.12 bits per heavy atom. The Hall–Kier alpha value is -1.11. The van der Waals surface area contributed by atoms with E-state index < -0.39 is 10.0 Å². The summed E-state index contributed by atoms with van der Waals surface area (Å²) in [6.45, 7) is 7.69. The number of halogens is 1. The molecular formula is C17H25ClN2O3S. The van der Waals surface area contributed by atoms with Gasteiger partial charge in [-0.25, -0.2) is 8.42 Å². The second kappa shape index (κ2) is 7.42. The zero-order valence-corrected chi connectivity index (χ0v) is 16.0. The van der Waals surface area contributed by atoms with Gasteiger partial charge in [0, 0.05) is 37.6 Å². The van der Waals surface area contributed by atoms with Crippen molar-refractivity contribution in [3.63, 3.8) is 0 Å². The van der Waals surface area contributed by atoms with Crippen LogP contribution in [0.3, 0.4) is 0 Å².